The van der Waals surface area contributed by atoms with Gasteiger partial charge in [-0.15, -0.1) is 0 Å². The van der Waals surface area contributed by atoms with Gasteiger partial charge in [0.05, 0.1) is 11.1 Å². The fraction of sp³-hybridized carbons (Fsp3) is 0.111. The maximum atomic E-state index is 11.8. The molecule has 0 atom stereocenters. The lowest BCUT2D eigenvalue weighted by atomic mass is 10.2. The molecule has 0 bridgehead atoms. The molecule has 0 aliphatic heterocycles. The molecule has 0 radical (unpaired) electrons. The molecular weight excluding hydrogens is 336 g/mol. The average molecular weight is 352 g/mol. The predicted molar refractivity (Wildman–Crippen MR) is 97.2 cm³/mol. The van der Waals surface area contributed by atoms with Crippen LogP contribution in [0, 0.1) is 10.1 Å². The number of benzene rings is 2. The lowest BCUT2D eigenvalue weighted by molar-refractivity contribution is -0.385. The van der Waals surface area contributed by atoms with Crippen molar-refractivity contribution in [2.45, 2.75) is 0 Å². The summed E-state index contributed by atoms with van der Waals surface area (Å²) in [5, 5.41) is 15.8. The summed E-state index contributed by atoms with van der Waals surface area (Å²) in [5.41, 5.74) is 4.08. The summed E-state index contributed by atoms with van der Waals surface area (Å²) >= 11 is 0. The Hall–Kier alpha value is -3.68. The van der Waals surface area contributed by atoms with Crippen molar-refractivity contribution >= 4 is 28.7 Å². The van der Waals surface area contributed by atoms with Crippen LogP contribution in [0.3, 0.4) is 0 Å². The van der Waals surface area contributed by atoms with Crippen LogP contribution >= 0.6 is 0 Å². The normalized spacial score (nSPS) is 11.0. The number of carbonyl (C=O) groups excluding carboxylic acids is 1. The molecule has 8 nitrogen and oxygen atoms in total. The number of hydrazone groups is 1. The van der Waals surface area contributed by atoms with Crippen LogP contribution in [0.1, 0.15) is 5.56 Å². The Morgan fingerprint density at radius 2 is 2.00 bits per heavy atom. The molecule has 0 spiro atoms. The van der Waals surface area contributed by atoms with Crippen LogP contribution in [-0.4, -0.2) is 28.2 Å². The number of ether oxygens (including phenoxy) is 1. The third-order valence-corrected chi connectivity index (χ3v) is 3.74. The number of nitrogens with zero attached hydrogens (tertiary/aromatic N) is 3. The average Bonchev–Trinajstić information content (AvgIpc) is 2.96. The lowest BCUT2D eigenvalue weighted by Gasteiger charge is -2.05. The monoisotopic (exact) mass is 352 g/mol. The standard InChI is InChI=1S/C18H16N4O4/c1-21-11-13(14-6-2-3-7-15(14)21)10-19-20-18(23)12-26-17-9-5-4-8-16(17)22(24)25/h2-11H,12H2,1H3,(H,20,23)/b19-10-. The van der Waals surface area contributed by atoms with Gasteiger partial charge in [0.2, 0.25) is 0 Å². The minimum atomic E-state index is -0.564. The van der Waals surface area contributed by atoms with Gasteiger partial charge >= 0.3 is 5.69 Å². The first-order valence-electron chi connectivity index (χ1n) is 7.78. The van der Waals surface area contributed by atoms with Gasteiger partial charge in [-0.05, 0) is 12.1 Å². The van der Waals surface area contributed by atoms with Crippen molar-refractivity contribution in [3.05, 3.63) is 70.4 Å². The number of rotatable bonds is 6. The van der Waals surface area contributed by atoms with E-state index in [1.807, 2.05) is 42.1 Å². The molecule has 132 valence electrons. The fourth-order valence-electron chi connectivity index (χ4n) is 2.56. The van der Waals surface area contributed by atoms with Crippen LogP contribution in [-0.2, 0) is 11.8 Å². The number of nitro benzene ring substituents is 1. The van der Waals surface area contributed by atoms with Gasteiger partial charge in [-0.3, -0.25) is 14.9 Å². The molecule has 3 aromatic rings. The summed E-state index contributed by atoms with van der Waals surface area (Å²) < 4.78 is 7.17. The molecule has 26 heavy (non-hydrogen) atoms. The SMILES string of the molecule is Cn1cc(/C=N\NC(=O)COc2ccccc2[N+](=O)[O-])c2ccccc21. The third kappa shape index (κ3) is 3.69. The maximum absolute atomic E-state index is 11.8. The van der Waals surface area contributed by atoms with Crippen molar-refractivity contribution in [2.75, 3.05) is 6.61 Å². The van der Waals surface area contributed by atoms with Crippen molar-refractivity contribution in [3.63, 3.8) is 0 Å². The minimum Gasteiger partial charge on any atom is -0.477 e. The number of aryl methyl sites for hydroxylation is 1. The van der Waals surface area contributed by atoms with Gasteiger partial charge in [0.15, 0.2) is 12.4 Å². The van der Waals surface area contributed by atoms with Crippen molar-refractivity contribution in [2.24, 2.45) is 12.1 Å². The van der Waals surface area contributed by atoms with Gasteiger partial charge in [0.1, 0.15) is 0 Å². The molecule has 0 unspecified atom stereocenters. The highest BCUT2D eigenvalue weighted by molar-refractivity contribution is 5.99. The van der Waals surface area contributed by atoms with E-state index in [2.05, 4.69) is 10.5 Å². The highest BCUT2D eigenvalue weighted by Crippen LogP contribution is 2.25. The summed E-state index contributed by atoms with van der Waals surface area (Å²) in [6.07, 6.45) is 3.45. The summed E-state index contributed by atoms with van der Waals surface area (Å²) in [5.74, 6) is -0.481. The van der Waals surface area contributed by atoms with Gasteiger partial charge in [0.25, 0.3) is 5.91 Å². The molecule has 0 saturated carbocycles. The fourth-order valence-corrected chi connectivity index (χ4v) is 2.56. The number of carbonyl (C=O) groups is 1. The van der Waals surface area contributed by atoms with E-state index in [0.717, 1.165) is 16.5 Å². The highest BCUT2D eigenvalue weighted by atomic mass is 16.6. The van der Waals surface area contributed by atoms with Gasteiger partial charge in [-0.1, -0.05) is 30.3 Å². The molecule has 1 heterocycles. The number of fused-ring (bicyclic) bond motifs is 1. The molecule has 3 rings (SSSR count). The van der Waals surface area contributed by atoms with E-state index in [1.54, 1.807) is 12.3 Å². The van der Waals surface area contributed by atoms with Crippen molar-refractivity contribution < 1.29 is 14.5 Å². The molecule has 1 N–H and O–H groups in total. The summed E-state index contributed by atoms with van der Waals surface area (Å²) in [7, 11) is 1.93. The Balaban J connectivity index is 1.61. The summed E-state index contributed by atoms with van der Waals surface area (Å²) in [4.78, 5) is 22.2. The second-order valence-corrected chi connectivity index (χ2v) is 5.52. The Labute approximate surface area is 148 Å². The predicted octanol–water partition coefficient (Wildman–Crippen LogP) is 2.62. The number of hydrogen-bond donors (Lipinski definition) is 1. The zero-order chi connectivity index (χ0) is 18.5. The van der Waals surface area contributed by atoms with Crippen LogP contribution in [0.2, 0.25) is 0 Å². The highest BCUT2D eigenvalue weighted by Gasteiger charge is 2.14. The largest absolute Gasteiger partial charge is 0.477 e. The molecule has 0 aliphatic rings. The number of para-hydroxylation sites is 3. The Morgan fingerprint density at radius 3 is 2.81 bits per heavy atom. The van der Waals surface area contributed by atoms with Crippen molar-refractivity contribution in [3.8, 4) is 5.75 Å². The van der Waals surface area contributed by atoms with Crippen LogP contribution in [0.25, 0.3) is 10.9 Å². The van der Waals surface area contributed by atoms with Crippen molar-refractivity contribution in [1.29, 1.82) is 0 Å². The zero-order valence-electron chi connectivity index (χ0n) is 14.0. The zero-order valence-corrected chi connectivity index (χ0v) is 14.0. The topological polar surface area (TPSA) is 98.8 Å². The van der Waals surface area contributed by atoms with Gasteiger partial charge < -0.3 is 9.30 Å². The Kier molecular flexibility index (Phi) is 4.93. The maximum Gasteiger partial charge on any atom is 0.310 e. The quantitative estimate of drug-likeness (QED) is 0.419. The second-order valence-electron chi connectivity index (χ2n) is 5.52. The number of nitrogens with one attached hydrogen (secondary N) is 1. The molecule has 0 fully saturated rings. The smallest absolute Gasteiger partial charge is 0.310 e. The van der Waals surface area contributed by atoms with E-state index in [0.29, 0.717) is 0 Å². The van der Waals surface area contributed by atoms with Crippen molar-refractivity contribution in [1.82, 2.24) is 9.99 Å². The summed E-state index contributed by atoms with van der Waals surface area (Å²) in [6, 6.07) is 13.7. The van der Waals surface area contributed by atoms with Gasteiger partial charge in [-0.2, -0.15) is 5.10 Å². The van der Waals surface area contributed by atoms with E-state index in [9.17, 15) is 14.9 Å². The first kappa shape index (κ1) is 17.2. The number of aromatic nitrogens is 1. The molecular formula is C18H16N4O4. The summed E-state index contributed by atoms with van der Waals surface area (Å²) in [6.45, 7) is -0.377. The van der Waals surface area contributed by atoms with Crippen LogP contribution in [0.15, 0.2) is 59.8 Å². The first-order valence-corrected chi connectivity index (χ1v) is 7.78. The molecule has 8 heteroatoms. The number of nitro groups is 1. The molecule has 0 saturated heterocycles. The molecule has 1 aromatic heterocycles. The van der Waals surface area contributed by atoms with E-state index >= 15 is 0 Å². The van der Waals surface area contributed by atoms with Crippen LogP contribution in [0.5, 0.6) is 5.75 Å². The first-order chi connectivity index (χ1) is 12.6. The van der Waals surface area contributed by atoms with E-state index in [1.165, 1.54) is 18.2 Å². The van der Waals surface area contributed by atoms with Crippen LogP contribution < -0.4 is 10.2 Å². The van der Waals surface area contributed by atoms with Gasteiger partial charge in [-0.25, -0.2) is 5.43 Å². The number of hydrogen-bond acceptors (Lipinski definition) is 5. The van der Waals surface area contributed by atoms with E-state index in [4.69, 9.17) is 4.74 Å². The molecule has 1 amide bonds. The molecule has 0 aliphatic carbocycles. The minimum absolute atomic E-state index is 0.0330. The van der Waals surface area contributed by atoms with E-state index in [-0.39, 0.29) is 18.0 Å². The Morgan fingerprint density at radius 1 is 1.27 bits per heavy atom. The Bertz CT molecular complexity index is 994. The molecule has 2 aromatic carbocycles. The van der Waals surface area contributed by atoms with E-state index < -0.39 is 10.8 Å². The number of amides is 1. The lowest BCUT2D eigenvalue weighted by Crippen LogP contribution is -2.24. The van der Waals surface area contributed by atoms with Crippen LogP contribution in [0.4, 0.5) is 5.69 Å². The second kappa shape index (κ2) is 7.47. The third-order valence-electron chi connectivity index (χ3n) is 3.74. The van der Waals surface area contributed by atoms with Gasteiger partial charge in [0, 0.05) is 35.8 Å².